The van der Waals surface area contributed by atoms with Crippen LogP contribution in [-0.4, -0.2) is 29.8 Å². The third-order valence-corrected chi connectivity index (χ3v) is 7.50. The van der Waals surface area contributed by atoms with Crippen LogP contribution in [0, 0.1) is 5.92 Å². The second-order valence-corrected chi connectivity index (χ2v) is 10.7. The first-order valence-electron chi connectivity index (χ1n) is 11.9. The summed E-state index contributed by atoms with van der Waals surface area (Å²) in [7, 11) is 1.53. The fourth-order valence-corrected chi connectivity index (χ4v) is 5.47. The van der Waals surface area contributed by atoms with Gasteiger partial charge in [-0.05, 0) is 35.4 Å². The number of rotatable bonds is 7. The number of para-hydroxylation sites is 1. The monoisotopic (exact) mass is 597 g/mol. The molecule has 1 atom stereocenters. The largest absolute Gasteiger partial charge is 0.493 e. The molecule has 1 aromatic heterocycles. The lowest BCUT2D eigenvalue weighted by Crippen LogP contribution is -2.48. The number of cyclic esters (lactones) is 2. The summed E-state index contributed by atoms with van der Waals surface area (Å²) < 4.78 is 23.4. The van der Waals surface area contributed by atoms with Crippen molar-refractivity contribution < 1.29 is 28.5 Å². The van der Waals surface area contributed by atoms with Gasteiger partial charge in [-0.25, -0.2) is 0 Å². The van der Waals surface area contributed by atoms with E-state index in [-0.39, 0.29) is 6.61 Å². The van der Waals surface area contributed by atoms with E-state index >= 15 is 0 Å². The molecule has 7 nitrogen and oxygen atoms in total. The Morgan fingerprint density at radius 3 is 2.39 bits per heavy atom. The van der Waals surface area contributed by atoms with Crippen LogP contribution < -0.4 is 9.47 Å². The quantitative estimate of drug-likeness (QED) is 0.187. The summed E-state index contributed by atoms with van der Waals surface area (Å²) in [5.74, 6) is -3.76. The van der Waals surface area contributed by atoms with E-state index in [0.29, 0.717) is 26.6 Å². The zero-order chi connectivity index (χ0) is 27.0. The zero-order valence-corrected chi connectivity index (χ0v) is 23.3. The fourth-order valence-electron chi connectivity index (χ4n) is 4.71. The molecule has 1 N–H and O–H groups in total. The number of methoxy groups -OCH3 is 1. The van der Waals surface area contributed by atoms with Gasteiger partial charge >= 0.3 is 11.9 Å². The summed E-state index contributed by atoms with van der Waals surface area (Å²) in [4.78, 5) is 29.8. The predicted octanol–water partition coefficient (Wildman–Crippen LogP) is 6.76. The van der Waals surface area contributed by atoms with Gasteiger partial charge in [0, 0.05) is 51.9 Å². The van der Waals surface area contributed by atoms with Gasteiger partial charge in [0.2, 0.25) is 0 Å². The lowest BCUT2D eigenvalue weighted by atomic mass is 9.79. The van der Waals surface area contributed by atoms with Gasteiger partial charge in [-0.3, -0.25) is 9.59 Å². The van der Waals surface area contributed by atoms with Crippen LogP contribution in [0.3, 0.4) is 0 Å². The SMILES string of the molecule is COc1cc([C@H](c2c[nH]c3ccccc23)C2C(=O)OC(C)(C)OC2=O)c(Br)cc1OCc1ccccc1Cl. The maximum Gasteiger partial charge on any atom is 0.324 e. The van der Waals surface area contributed by atoms with Crippen molar-refractivity contribution in [3.05, 3.63) is 93.0 Å². The van der Waals surface area contributed by atoms with Gasteiger partial charge in [-0.2, -0.15) is 0 Å². The standard InChI is InChI=1S/C29H25BrClNO6/c1-29(2)37-27(33)26(28(34)38-29)25(19-14-32-22-11-7-5-9-17(19)22)18-12-23(35-3)24(13-20(18)30)36-15-16-8-4-6-10-21(16)31/h4-14,25-26,32H,15H2,1-3H3/t25-/m1/s1. The third-order valence-electron chi connectivity index (χ3n) is 6.45. The average Bonchev–Trinajstić information content (AvgIpc) is 3.29. The normalized spacial score (nSPS) is 16.1. The number of fused-ring (bicyclic) bond motifs is 1. The molecule has 0 aliphatic carbocycles. The van der Waals surface area contributed by atoms with Gasteiger partial charge < -0.3 is 23.9 Å². The Morgan fingerprint density at radius 2 is 1.68 bits per heavy atom. The highest BCUT2D eigenvalue weighted by atomic mass is 79.9. The van der Waals surface area contributed by atoms with E-state index in [4.69, 9.17) is 30.5 Å². The maximum atomic E-state index is 13.3. The van der Waals surface area contributed by atoms with Crippen LogP contribution in [0.25, 0.3) is 10.9 Å². The molecule has 9 heteroatoms. The number of hydrogen-bond acceptors (Lipinski definition) is 6. The Morgan fingerprint density at radius 1 is 1.00 bits per heavy atom. The highest BCUT2D eigenvalue weighted by Gasteiger charge is 2.49. The van der Waals surface area contributed by atoms with Crippen LogP contribution in [0.5, 0.6) is 11.5 Å². The highest BCUT2D eigenvalue weighted by Crippen LogP contribution is 2.46. The Labute approximate surface area is 233 Å². The highest BCUT2D eigenvalue weighted by molar-refractivity contribution is 9.10. The second kappa shape index (κ2) is 10.3. The molecule has 2 heterocycles. The summed E-state index contributed by atoms with van der Waals surface area (Å²) in [5.41, 5.74) is 3.07. The summed E-state index contributed by atoms with van der Waals surface area (Å²) in [6, 6.07) is 18.6. The number of aromatic amines is 1. The van der Waals surface area contributed by atoms with Crippen molar-refractivity contribution in [2.75, 3.05) is 7.11 Å². The molecule has 0 bridgehead atoms. The van der Waals surface area contributed by atoms with Crippen molar-refractivity contribution in [3.8, 4) is 11.5 Å². The van der Waals surface area contributed by atoms with Crippen molar-refractivity contribution in [3.63, 3.8) is 0 Å². The van der Waals surface area contributed by atoms with Gasteiger partial charge in [-0.1, -0.05) is 63.9 Å². The van der Waals surface area contributed by atoms with Crippen molar-refractivity contribution in [2.24, 2.45) is 5.92 Å². The number of carbonyl (C=O) groups is 2. The Kier molecular flexibility index (Phi) is 7.11. The number of ether oxygens (including phenoxy) is 4. The first-order chi connectivity index (χ1) is 18.2. The molecule has 1 fully saturated rings. The van der Waals surface area contributed by atoms with Gasteiger partial charge in [0.25, 0.3) is 5.79 Å². The minimum absolute atomic E-state index is 0.226. The number of halogens is 2. The molecule has 1 saturated heterocycles. The molecule has 4 aromatic rings. The van der Waals surface area contributed by atoms with Gasteiger partial charge in [0.1, 0.15) is 6.61 Å². The number of hydrogen-bond donors (Lipinski definition) is 1. The van der Waals surface area contributed by atoms with E-state index in [9.17, 15) is 9.59 Å². The number of nitrogens with one attached hydrogen (secondary N) is 1. The predicted molar refractivity (Wildman–Crippen MR) is 146 cm³/mol. The van der Waals surface area contributed by atoms with E-state index in [0.717, 1.165) is 22.0 Å². The van der Waals surface area contributed by atoms with Crippen molar-refractivity contribution in [1.29, 1.82) is 0 Å². The van der Waals surface area contributed by atoms with E-state index in [2.05, 4.69) is 20.9 Å². The molecule has 196 valence electrons. The molecule has 5 rings (SSSR count). The van der Waals surface area contributed by atoms with Crippen LogP contribution in [0.1, 0.15) is 36.5 Å². The minimum atomic E-state index is -1.35. The minimum Gasteiger partial charge on any atom is -0.493 e. The first kappa shape index (κ1) is 26.1. The zero-order valence-electron chi connectivity index (χ0n) is 20.9. The molecule has 1 aliphatic heterocycles. The number of carbonyl (C=O) groups excluding carboxylic acids is 2. The molecule has 0 unspecified atom stereocenters. The Hall–Kier alpha value is -3.49. The van der Waals surface area contributed by atoms with E-state index in [1.807, 2.05) is 42.5 Å². The lowest BCUT2D eigenvalue weighted by molar-refractivity contribution is -0.240. The van der Waals surface area contributed by atoms with Crippen LogP contribution >= 0.6 is 27.5 Å². The molecule has 3 aromatic carbocycles. The molecular formula is C29H25BrClNO6. The van der Waals surface area contributed by atoms with Crippen molar-refractivity contribution in [1.82, 2.24) is 4.98 Å². The average molecular weight is 599 g/mol. The number of H-pyrrole nitrogens is 1. The molecular weight excluding hydrogens is 574 g/mol. The molecule has 38 heavy (non-hydrogen) atoms. The van der Waals surface area contributed by atoms with Crippen LogP contribution in [0.15, 0.2) is 71.3 Å². The lowest BCUT2D eigenvalue weighted by Gasteiger charge is -2.36. The van der Waals surface area contributed by atoms with Crippen LogP contribution in [0.4, 0.5) is 0 Å². The summed E-state index contributed by atoms with van der Waals surface area (Å²) in [6.45, 7) is 3.29. The summed E-state index contributed by atoms with van der Waals surface area (Å²) in [6.07, 6.45) is 1.80. The second-order valence-electron chi connectivity index (χ2n) is 9.39. The van der Waals surface area contributed by atoms with E-state index < -0.39 is 29.6 Å². The van der Waals surface area contributed by atoms with Crippen molar-refractivity contribution in [2.45, 2.75) is 32.2 Å². The molecule has 0 radical (unpaired) electrons. The molecule has 0 saturated carbocycles. The van der Waals surface area contributed by atoms with Gasteiger partial charge in [0.15, 0.2) is 17.4 Å². The third kappa shape index (κ3) is 4.98. The smallest absolute Gasteiger partial charge is 0.324 e. The van der Waals surface area contributed by atoms with Crippen LogP contribution in [0.2, 0.25) is 5.02 Å². The van der Waals surface area contributed by atoms with E-state index in [1.165, 1.54) is 21.0 Å². The molecule has 0 spiro atoms. The van der Waals surface area contributed by atoms with Gasteiger partial charge in [-0.15, -0.1) is 0 Å². The number of esters is 2. The molecule has 1 aliphatic rings. The first-order valence-corrected chi connectivity index (χ1v) is 13.1. The Bertz CT molecular complexity index is 1510. The fraction of sp³-hybridized carbons (Fsp3) is 0.241. The van der Waals surface area contributed by atoms with E-state index in [1.54, 1.807) is 24.4 Å². The van der Waals surface area contributed by atoms with Crippen molar-refractivity contribution >= 4 is 50.4 Å². The van der Waals surface area contributed by atoms with Crippen LogP contribution in [-0.2, 0) is 25.7 Å². The summed E-state index contributed by atoms with van der Waals surface area (Å²) in [5, 5.41) is 1.46. The molecule has 0 amide bonds. The topological polar surface area (TPSA) is 86.9 Å². The van der Waals surface area contributed by atoms with Gasteiger partial charge in [0.05, 0.1) is 7.11 Å². The number of aromatic nitrogens is 1. The number of benzene rings is 3. The summed E-state index contributed by atoms with van der Waals surface area (Å²) >= 11 is 9.94. The maximum absolute atomic E-state index is 13.3. The Balaban J connectivity index is 1.60.